The molecule has 1 rings (SSSR count). The second kappa shape index (κ2) is 4.79. The topological polar surface area (TPSA) is 98.2 Å². The lowest BCUT2D eigenvalue weighted by atomic mass is 10.2. The third-order valence-electron chi connectivity index (χ3n) is 1.73. The van der Waals surface area contributed by atoms with E-state index in [4.69, 9.17) is 11.0 Å². The van der Waals surface area contributed by atoms with Gasteiger partial charge in [-0.2, -0.15) is 5.26 Å². The van der Waals surface area contributed by atoms with E-state index in [1.165, 1.54) is 6.07 Å². The number of rotatable bonds is 2. The highest BCUT2D eigenvalue weighted by molar-refractivity contribution is 5.91. The summed E-state index contributed by atoms with van der Waals surface area (Å²) in [5.41, 5.74) is 3.76. The van der Waals surface area contributed by atoms with Crippen molar-refractivity contribution < 1.29 is 27.4 Å². The van der Waals surface area contributed by atoms with Gasteiger partial charge in [-0.1, -0.05) is 0 Å². The van der Waals surface area contributed by atoms with Gasteiger partial charge >= 0.3 is 12.3 Å². The van der Waals surface area contributed by atoms with Crippen molar-refractivity contribution in [2.45, 2.75) is 6.36 Å². The standard InChI is InChI=1S/C9H6F3N3O3/c1-17-8(16)7-6(18-9(10,11)12)2-4(14)5(3-13)15-7/h2H,14H2,1H3. The first-order valence-electron chi connectivity index (χ1n) is 4.33. The van der Waals surface area contributed by atoms with Crippen molar-refractivity contribution in [3.05, 3.63) is 17.5 Å². The number of nitriles is 1. The van der Waals surface area contributed by atoms with Gasteiger partial charge in [-0.05, 0) is 0 Å². The van der Waals surface area contributed by atoms with Crippen LogP contribution < -0.4 is 10.5 Å². The Kier molecular flexibility index (Phi) is 3.61. The summed E-state index contributed by atoms with van der Waals surface area (Å²) < 4.78 is 44.1. The van der Waals surface area contributed by atoms with E-state index in [0.29, 0.717) is 6.07 Å². The average molecular weight is 261 g/mol. The number of hydrogen-bond donors (Lipinski definition) is 1. The summed E-state index contributed by atoms with van der Waals surface area (Å²) in [6.45, 7) is 0. The molecular formula is C9H6F3N3O3. The lowest BCUT2D eigenvalue weighted by Gasteiger charge is -2.12. The number of halogens is 3. The third-order valence-corrected chi connectivity index (χ3v) is 1.73. The van der Waals surface area contributed by atoms with Gasteiger partial charge in [0.05, 0.1) is 12.8 Å². The van der Waals surface area contributed by atoms with Crippen molar-refractivity contribution in [1.29, 1.82) is 5.26 Å². The molecule has 1 heterocycles. The van der Waals surface area contributed by atoms with E-state index in [9.17, 15) is 18.0 Å². The van der Waals surface area contributed by atoms with E-state index < -0.39 is 29.5 Å². The molecule has 2 N–H and O–H groups in total. The summed E-state index contributed by atoms with van der Waals surface area (Å²) in [4.78, 5) is 14.6. The first-order chi connectivity index (χ1) is 8.28. The highest BCUT2D eigenvalue weighted by Gasteiger charge is 2.34. The number of anilines is 1. The van der Waals surface area contributed by atoms with Crippen LogP contribution in [0.25, 0.3) is 0 Å². The van der Waals surface area contributed by atoms with Gasteiger partial charge in [0.15, 0.2) is 17.1 Å². The number of pyridine rings is 1. The number of nitrogens with zero attached hydrogens (tertiary/aromatic N) is 2. The van der Waals surface area contributed by atoms with Crippen LogP contribution in [0.5, 0.6) is 5.75 Å². The van der Waals surface area contributed by atoms with E-state index >= 15 is 0 Å². The van der Waals surface area contributed by atoms with Gasteiger partial charge in [-0.25, -0.2) is 9.78 Å². The van der Waals surface area contributed by atoms with Crippen LogP contribution in [-0.4, -0.2) is 24.4 Å². The average Bonchev–Trinajstić information content (AvgIpc) is 2.26. The number of esters is 1. The number of hydrogen-bond acceptors (Lipinski definition) is 6. The van der Waals surface area contributed by atoms with Crippen LogP contribution in [0.2, 0.25) is 0 Å². The lowest BCUT2D eigenvalue weighted by molar-refractivity contribution is -0.274. The number of methoxy groups -OCH3 is 1. The number of nitrogens with two attached hydrogens (primary N) is 1. The van der Waals surface area contributed by atoms with Gasteiger partial charge in [-0.15, -0.1) is 13.2 Å². The third kappa shape index (κ3) is 3.00. The van der Waals surface area contributed by atoms with Crippen LogP contribution >= 0.6 is 0 Å². The zero-order chi connectivity index (χ0) is 13.9. The molecule has 0 saturated carbocycles. The van der Waals surface area contributed by atoms with Crippen molar-refractivity contribution in [3.8, 4) is 11.8 Å². The van der Waals surface area contributed by atoms with Gasteiger partial charge in [-0.3, -0.25) is 0 Å². The maximum atomic E-state index is 12.1. The summed E-state index contributed by atoms with van der Waals surface area (Å²) in [6.07, 6.45) is -5.02. The SMILES string of the molecule is COC(=O)c1nc(C#N)c(N)cc1OC(F)(F)F. The van der Waals surface area contributed by atoms with Gasteiger partial charge in [0.25, 0.3) is 0 Å². The smallest absolute Gasteiger partial charge is 0.464 e. The van der Waals surface area contributed by atoms with Gasteiger partial charge in [0, 0.05) is 6.07 Å². The monoisotopic (exact) mass is 261 g/mol. The first kappa shape index (κ1) is 13.6. The molecule has 0 amide bonds. The van der Waals surface area contributed by atoms with Crippen molar-refractivity contribution in [2.75, 3.05) is 12.8 Å². The Labute approximate surface area is 98.7 Å². The maximum absolute atomic E-state index is 12.1. The van der Waals surface area contributed by atoms with E-state index in [1.54, 1.807) is 0 Å². The predicted octanol–water partition coefficient (Wildman–Crippen LogP) is 1.22. The lowest BCUT2D eigenvalue weighted by Crippen LogP contribution is -2.20. The van der Waals surface area contributed by atoms with Crippen molar-refractivity contribution in [2.24, 2.45) is 0 Å². The molecule has 0 aliphatic rings. The van der Waals surface area contributed by atoms with Crippen LogP contribution in [0.15, 0.2) is 6.07 Å². The molecule has 0 aliphatic carbocycles. The van der Waals surface area contributed by atoms with Crippen LogP contribution in [0.4, 0.5) is 18.9 Å². The van der Waals surface area contributed by atoms with E-state index in [1.807, 2.05) is 0 Å². The fraction of sp³-hybridized carbons (Fsp3) is 0.222. The van der Waals surface area contributed by atoms with Gasteiger partial charge in [0.2, 0.25) is 0 Å². The highest BCUT2D eigenvalue weighted by Crippen LogP contribution is 2.28. The molecule has 0 radical (unpaired) electrons. The molecule has 1 aromatic heterocycles. The van der Waals surface area contributed by atoms with Gasteiger partial charge < -0.3 is 15.2 Å². The Bertz CT molecular complexity index is 522. The number of aromatic nitrogens is 1. The highest BCUT2D eigenvalue weighted by atomic mass is 19.4. The number of ether oxygens (including phenoxy) is 2. The largest absolute Gasteiger partial charge is 0.573 e. The molecule has 0 saturated heterocycles. The molecule has 1 aromatic rings. The Hall–Kier alpha value is -2.50. The summed E-state index contributed by atoms with van der Waals surface area (Å²) >= 11 is 0. The van der Waals surface area contributed by atoms with Crippen LogP contribution in [0, 0.1) is 11.3 Å². The molecule has 0 bridgehead atoms. The Morgan fingerprint density at radius 2 is 2.17 bits per heavy atom. The second-order valence-corrected chi connectivity index (χ2v) is 2.92. The van der Waals surface area contributed by atoms with E-state index in [2.05, 4.69) is 14.5 Å². The molecule has 0 unspecified atom stereocenters. The first-order valence-corrected chi connectivity index (χ1v) is 4.33. The number of carbonyl (C=O) groups is 1. The van der Waals surface area contributed by atoms with Gasteiger partial charge in [0.1, 0.15) is 6.07 Å². The zero-order valence-electron chi connectivity index (χ0n) is 8.91. The fourth-order valence-corrected chi connectivity index (χ4v) is 1.04. The number of alkyl halides is 3. The summed E-state index contributed by atoms with van der Waals surface area (Å²) in [7, 11) is 0.948. The molecule has 96 valence electrons. The van der Waals surface area contributed by atoms with Crippen molar-refractivity contribution >= 4 is 11.7 Å². The Morgan fingerprint density at radius 1 is 1.56 bits per heavy atom. The summed E-state index contributed by atoms with van der Waals surface area (Å²) in [5, 5.41) is 8.61. The van der Waals surface area contributed by atoms with Crippen LogP contribution in [0.3, 0.4) is 0 Å². The normalized spacial score (nSPS) is 10.6. The second-order valence-electron chi connectivity index (χ2n) is 2.92. The van der Waals surface area contributed by atoms with Crippen molar-refractivity contribution in [3.63, 3.8) is 0 Å². The van der Waals surface area contributed by atoms with E-state index in [0.717, 1.165) is 7.11 Å². The molecule has 0 aliphatic heterocycles. The molecule has 0 aromatic carbocycles. The number of nitrogen functional groups attached to an aromatic ring is 1. The minimum absolute atomic E-state index is 0.343. The molecule has 9 heteroatoms. The molecule has 18 heavy (non-hydrogen) atoms. The van der Waals surface area contributed by atoms with Crippen molar-refractivity contribution in [1.82, 2.24) is 4.98 Å². The van der Waals surface area contributed by atoms with Crippen LogP contribution in [0.1, 0.15) is 16.2 Å². The minimum Gasteiger partial charge on any atom is -0.464 e. The molecule has 0 fully saturated rings. The summed E-state index contributed by atoms with van der Waals surface area (Å²) in [5.74, 6) is -2.10. The molecule has 0 spiro atoms. The molecular weight excluding hydrogens is 255 g/mol. The summed E-state index contributed by atoms with van der Waals surface area (Å²) in [6, 6.07) is 2.21. The number of carbonyl (C=O) groups excluding carboxylic acids is 1. The fourth-order valence-electron chi connectivity index (χ4n) is 1.04. The maximum Gasteiger partial charge on any atom is 0.573 e. The quantitative estimate of drug-likeness (QED) is 0.803. The molecule has 6 nitrogen and oxygen atoms in total. The Balaban J connectivity index is 3.35. The van der Waals surface area contributed by atoms with E-state index in [-0.39, 0.29) is 5.69 Å². The minimum atomic E-state index is -5.02. The predicted molar refractivity (Wildman–Crippen MR) is 51.4 cm³/mol. The molecule has 0 atom stereocenters. The zero-order valence-corrected chi connectivity index (χ0v) is 8.91. The van der Waals surface area contributed by atoms with Crippen LogP contribution in [-0.2, 0) is 4.74 Å². The Morgan fingerprint density at radius 3 is 2.61 bits per heavy atom.